The van der Waals surface area contributed by atoms with E-state index < -0.39 is 37.4 Å². The zero-order valence-electron chi connectivity index (χ0n) is 17.3. The van der Waals surface area contributed by atoms with Gasteiger partial charge in [0.15, 0.2) is 0 Å². The summed E-state index contributed by atoms with van der Waals surface area (Å²) in [6.07, 6.45) is -4.44. The lowest BCUT2D eigenvalue weighted by Crippen LogP contribution is -2.23. The zero-order chi connectivity index (χ0) is 25.8. The number of benzene rings is 2. The van der Waals surface area contributed by atoms with E-state index in [-0.39, 0.29) is 34.7 Å². The molecular formula is C22H14Cl2F6N2O2S. The van der Waals surface area contributed by atoms with E-state index in [4.69, 9.17) is 23.2 Å². The number of imidazole rings is 1. The highest BCUT2D eigenvalue weighted by atomic mass is 35.5. The predicted molar refractivity (Wildman–Crippen MR) is 119 cm³/mol. The Morgan fingerprint density at radius 2 is 1.63 bits per heavy atom. The number of aromatic nitrogens is 2. The van der Waals surface area contributed by atoms with Crippen LogP contribution in [0.1, 0.15) is 33.9 Å². The van der Waals surface area contributed by atoms with Gasteiger partial charge in [0.1, 0.15) is 11.5 Å². The van der Waals surface area contributed by atoms with Crippen LogP contribution < -0.4 is 0 Å². The molecule has 0 amide bonds. The second-order valence-electron chi connectivity index (χ2n) is 7.72. The van der Waals surface area contributed by atoms with E-state index in [9.17, 15) is 34.8 Å². The number of halogens is 8. The van der Waals surface area contributed by atoms with E-state index in [0.29, 0.717) is 17.1 Å². The van der Waals surface area contributed by atoms with Crippen molar-refractivity contribution in [1.82, 2.24) is 9.97 Å². The topological polar surface area (TPSA) is 62.8 Å². The third kappa shape index (κ3) is 4.81. The van der Waals surface area contributed by atoms with Crippen molar-refractivity contribution in [2.24, 2.45) is 0 Å². The van der Waals surface area contributed by atoms with Crippen LogP contribution >= 0.6 is 23.2 Å². The maximum Gasteiger partial charge on any atom is 0.501 e. The summed E-state index contributed by atoms with van der Waals surface area (Å²) < 4.78 is 102. The summed E-state index contributed by atoms with van der Waals surface area (Å²) in [6, 6.07) is 9.04. The average molecular weight is 555 g/mol. The van der Waals surface area contributed by atoms with Crippen molar-refractivity contribution in [3.8, 4) is 0 Å². The number of hydrogen-bond donors (Lipinski definition) is 1. The number of allylic oxidation sites excluding steroid dienone is 1. The molecular weight excluding hydrogens is 541 g/mol. The molecule has 2 aromatic carbocycles. The number of sulfone groups is 1. The van der Waals surface area contributed by atoms with Crippen LogP contribution in [-0.4, -0.2) is 29.3 Å². The summed E-state index contributed by atoms with van der Waals surface area (Å²) in [4.78, 5) is 6.46. The molecule has 4 nitrogen and oxygen atoms in total. The van der Waals surface area contributed by atoms with Crippen LogP contribution in [0.4, 0.5) is 26.3 Å². The highest BCUT2D eigenvalue weighted by molar-refractivity contribution is 7.92. The lowest BCUT2D eigenvalue weighted by molar-refractivity contribution is -0.137. The number of fused-ring (bicyclic) bond motifs is 1. The van der Waals surface area contributed by atoms with E-state index >= 15 is 0 Å². The zero-order valence-corrected chi connectivity index (χ0v) is 19.6. The molecule has 0 saturated carbocycles. The Hall–Kier alpha value is -2.50. The summed E-state index contributed by atoms with van der Waals surface area (Å²) in [5.41, 5.74) is -5.20. The van der Waals surface area contributed by atoms with Crippen molar-refractivity contribution in [1.29, 1.82) is 0 Å². The third-order valence-electron chi connectivity index (χ3n) is 5.40. The first-order valence-electron chi connectivity index (χ1n) is 9.89. The first kappa shape index (κ1) is 25.6. The Labute approximate surface area is 205 Å². The average Bonchev–Trinajstić information content (AvgIpc) is 3.15. The van der Waals surface area contributed by atoms with Crippen LogP contribution in [0.15, 0.2) is 53.4 Å². The molecule has 0 spiro atoms. The van der Waals surface area contributed by atoms with Crippen LogP contribution in [0, 0.1) is 0 Å². The molecule has 35 heavy (non-hydrogen) atoms. The van der Waals surface area contributed by atoms with E-state index in [0.717, 1.165) is 18.2 Å². The first-order valence-corrected chi connectivity index (χ1v) is 12.2. The van der Waals surface area contributed by atoms with Gasteiger partial charge in [-0.3, -0.25) is 0 Å². The van der Waals surface area contributed by atoms with E-state index in [2.05, 4.69) is 9.97 Å². The highest BCUT2D eigenvalue weighted by Gasteiger charge is 2.46. The highest BCUT2D eigenvalue weighted by Crippen LogP contribution is 2.44. The molecule has 0 bridgehead atoms. The Morgan fingerprint density at radius 1 is 1.00 bits per heavy atom. The summed E-state index contributed by atoms with van der Waals surface area (Å²) in [5, 5.41) is -0.921. The van der Waals surface area contributed by atoms with Gasteiger partial charge in [0, 0.05) is 18.5 Å². The minimum absolute atomic E-state index is 0.0444. The molecule has 0 aliphatic heterocycles. The standard InChI is InChI=1S/C22H14Cl2F6N2O2S/c23-15-10-16-20(19(24)18(15)13-3-1-2-4-14(13)21(25,26)27)32-17(31-16)9-11-5-7-12(8-6-11)35(33,34)22(28,29)30/h1-8,15H,9-10H2,(H,31,32). The number of rotatable bonds is 4. The SMILES string of the molecule is O=S(=O)(c1ccc(Cc2nc3c([nH]2)CC(Cl)C(c2ccccc2C(F)(F)F)=C3Cl)cc1)C(F)(F)F. The van der Waals surface area contributed by atoms with Crippen molar-refractivity contribution < 1.29 is 34.8 Å². The quantitative estimate of drug-likeness (QED) is 0.292. The molecule has 0 saturated heterocycles. The van der Waals surface area contributed by atoms with Crippen LogP contribution in [0.2, 0.25) is 0 Å². The molecule has 1 N–H and O–H groups in total. The molecule has 186 valence electrons. The van der Waals surface area contributed by atoms with Crippen molar-refractivity contribution in [3.05, 3.63) is 82.4 Å². The smallest absolute Gasteiger partial charge is 0.345 e. The molecule has 1 aliphatic carbocycles. The fourth-order valence-electron chi connectivity index (χ4n) is 3.79. The molecule has 0 fully saturated rings. The van der Waals surface area contributed by atoms with Gasteiger partial charge in [-0.05, 0) is 34.9 Å². The van der Waals surface area contributed by atoms with Crippen molar-refractivity contribution >= 4 is 43.6 Å². The maximum atomic E-state index is 13.5. The monoisotopic (exact) mass is 554 g/mol. The Balaban J connectivity index is 1.66. The lowest BCUT2D eigenvalue weighted by Gasteiger charge is -2.24. The summed E-state index contributed by atoms with van der Waals surface area (Å²) in [7, 11) is -5.47. The molecule has 13 heteroatoms. The van der Waals surface area contributed by atoms with Crippen LogP contribution in [0.3, 0.4) is 0 Å². The number of aromatic amines is 1. The fraction of sp³-hybridized carbons (Fsp3) is 0.227. The first-order chi connectivity index (χ1) is 16.2. The van der Waals surface area contributed by atoms with Gasteiger partial charge in [-0.2, -0.15) is 26.3 Å². The van der Waals surface area contributed by atoms with Gasteiger partial charge in [0.05, 0.1) is 20.9 Å². The van der Waals surface area contributed by atoms with Crippen molar-refractivity contribution in [3.63, 3.8) is 0 Å². The minimum atomic E-state index is -5.47. The molecule has 4 rings (SSSR count). The van der Waals surface area contributed by atoms with Crippen LogP contribution in [-0.2, 0) is 28.9 Å². The predicted octanol–water partition coefficient (Wildman–Crippen LogP) is 6.58. The maximum absolute atomic E-state index is 13.5. The van der Waals surface area contributed by atoms with Crippen LogP contribution in [0.5, 0.6) is 0 Å². The lowest BCUT2D eigenvalue weighted by atomic mass is 9.90. The van der Waals surface area contributed by atoms with Gasteiger partial charge in [-0.25, -0.2) is 13.4 Å². The Bertz CT molecular complexity index is 1410. The van der Waals surface area contributed by atoms with Gasteiger partial charge in [-0.15, -0.1) is 11.6 Å². The molecule has 0 radical (unpaired) electrons. The molecule has 1 aliphatic rings. The Morgan fingerprint density at radius 3 is 2.23 bits per heavy atom. The number of H-pyrrole nitrogens is 1. The molecule has 1 aromatic heterocycles. The third-order valence-corrected chi connectivity index (χ3v) is 7.66. The van der Waals surface area contributed by atoms with Crippen molar-refractivity contribution in [2.45, 2.75) is 34.8 Å². The Kier molecular flexibility index (Phi) is 6.48. The number of nitrogens with one attached hydrogen (secondary N) is 1. The molecule has 3 aromatic rings. The van der Waals surface area contributed by atoms with E-state index in [1.807, 2.05) is 0 Å². The van der Waals surface area contributed by atoms with E-state index in [1.54, 1.807) is 0 Å². The molecule has 1 unspecified atom stereocenters. The second-order valence-corrected chi connectivity index (χ2v) is 10.6. The van der Waals surface area contributed by atoms with Gasteiger partial charge in [-0.1, -0.05) is 41.9 Å². The van der Waals surface area contributed by atoms with E-state index in [1.165, 1.54) is 30.3 Å². The van der Waals surface area contributed by atoms with Crippen LogP contribution in [0.25, 0.3) is 10.6 Å². The van der Waals surface area contributed by atoms with Gasteiger partial charge in [0.2, 0.25) is 0 Å². The molecule has 1 heterocycles. The fourth-order valence-corrected chi connectivity index (χ4v) is 5.38. The number of alkyl halides is 7. The number of nitrogens with zero attached hydrogens (tertiary/aromatic N) is 1. The summed E-state index contributed by atoms with van der Waals surface area (Å²) in [6.45, 7) is 0. The summed E-state index contributed by atoms with van der Waals surface area (Å²) in [5.74, 6) is 0.328. The minimum Gasteiger partial charge on any atom is -0.345 e. The van der Waals surface area contributed by atoms with Crippen molar-refractivity contribution in [2.75, 3.05) is 0 Å². The summed E-state index contributed by atoms with van der Waals surface area (Å²) >= 11 is 12.9. The largest absolute Gasteiger partial charge is 0.501 e. The normalized spacial score (nSPS) is 17.0. The van der Waals surface area contributed by atoms with Gasteiger partial charge < -0.3 is 4.98 Å². The van der Waals surface area contributed by atoms with Gasteiger partial charge >= 0.3 is 11.7 Å². The molecule has 1 atom stereocenters. The number of hydrogen-bond acceptors (Lipinski definition) is 3. The van der Waals surface area contributed by atoms with Gasteiger partial charge in [0.25, 0.3) is 9.84 Å². The second kappa shape index (κ2) is 8.86.